The van der Waals surface area contributed by atoms with Crippen molar-refractivity contribution in [2.45, 2.75) is 38.1 Å². The van der Waals surface area contributed by atoms with Gasteiger partial charge in [-0.3, -0.25) is 0 Å². The molecule has 0 spiro atoms. The molecule has 0 aliphatic heterocycles. The number of nitrogens with zero attached hydrogens (tertiary/aromatic N) is 3. The van der Waals surface area contributed by atoms with E-state index in [1.807, 2.05) is 12.1 Å². The third kappa shape index (κ3) is 2.61. The molecule has 110 valence electrons. The van der Waals surface area contributed by atoms with Crippen LogP contribution in [0.5, 0.6) is 0 Å². The van der Waals surface area contributed by atoms with Crippen LogP contribution < -0.4 is 5.73 Å². The number of aromatic nitrogens is 3. The van der Waals surface area contributed by atoms with Crippen LogP contribution in [0.3, 0.4) is 0 Å². The lowest BCUT2D eigenvalue weighted by Crippen LogP contribution is -2.15. The fourth-order valence-corrected chi connectivity index (χ4v) is 2.93. The Morgan fingerprint density at radius 3 is 2.48 bits per heavy atom. The fourth-order valence-electron chi connectivity index (χ4n) is 2.93. The van der Waals surface area contributed by atoms with Gasteiger partial charge in [0.15, 0.2) is 5.69 Å². The zero-order chi connectivity index (χ0) is 14.8. The minimum Gasteiger partial charge on any atom is -0.476 e. The van der Waals surface area contributed by atoms with E-state index in [0.29, 0.717) is 11.4 Å². The maximum Gasteiger partial charge on any atom is 0.358 e. The first-order valence-corrected chi connectivity index (χ1v) is 7.21. The van der Waals surface area contributed by atoms with Crippen LogP contribution >= 0.6 is 0 Å². The molecule has 0 unspecified atom stereocenters. The third-order valence-corrected chi connectivity index (χ3v) is 4.00. The molecule has 1 saturated carbocycles. The molecule has 1 heterocycles. The summed E-state index contributed by atoms with van der Waals surface area (Å²) >= 11 is 0. The number of carboxylic acids is 1. The van der Waals surface area contributed by atoms with Crippen LogP contribution in [-0.4, -0.2) is 26.1 Å². The molecule has 3 N–H and O–H groups in total. The molecular formula is C15H18N4O2. The Labute approximate surface area is 122 Å². The number of nitrogens with two attached hydrogens (primary N) is 1. The predicted octanol–water partition coefficient (Wildman–Crippen LogP) is 2.73. The zero-order valence-corrected chi connectivity index (χ0v) is 11.7. The molecule has 6 nitrogen and oxygen atoms in total. The van der Waals surface area contributed by atoms with Crippen LogP contribution in [0.4, 0.5) is 5.69 Å². The molecule has 1 aliphatic rings. The van der Waals surface area contributed by atoms with Crippen LogP contribution in [0.1, 0.15) is 48.6 Å². The SMILES string of the molecule is Nc1ccc(-c2c(C(=O)O)nnn2C2CCCCC2)cc1. The number of anilines is 1. The van der Waals surface area contributed by atoms with E-state index in [0.717, 1.165) is 31.2 Å². The maximum atomic E-state index is 11.4. The quantitative estimate of drug-likeness (QED) is 0.846. The summed E-state index contributed by atoms with van der Waals surface area (Å²) in [6.07, 6.45) is 5.56. The van der Waals surface area contributed by atoms with Crippen molar-refractivity contribution in [3.8, 4) is 11.3 Å². The number of benzene rings is 1. The lowest BCUT2D eigenvalue weighted by atomic mass is 9.95. The smallest absolute Gasteiger partial charge is 0.358 e. The Morgan fingerprint density at radius 2 is 1.86 bits per heavy atom. The highest BCUT2D eigenvalue weighted by atomic mass is 16.4. The topological polar surface area (TPSA) is 94.0 Å². The summed E-state index contributed by atoms with van der Waals surface area (Å²) in [6, 6.07) is 7.39. The van der Waals surface area contributed by atoms with E-state index in [9.17, 15) is 9.90 Å². The highest BCUT2D eigenvalue weighted by Crippen LogP contribution is 2.33. The van der Waals surface area contributed by atoms with Crippen molar-refractivity contribution in [1.82, 2.24) is 15.0 Å². The molecule has 0 amide bonds. The number of carbonyl (C=O) groups is 1. The lowest BCUT2D eigenvalue weighted by molar-refractivity contribution is 0.0691. The Morgan fingerprint density at radius 1 is 1.19 bits per heavy atom. The van der Waals surface area contributed by atoms with E-state index < -0.39 is 5.97 Å². The summed E-state index contributed by atoms with van der Waals surface area (Å²) < 4.78 is 1.79. The molecule has 2 aromatic rings. The first kappa shape index (κ1) is 13.6. The van der Waals surface area contributed by atoms with E-state index in [2.05, 4.69) is 10.3 Å². The zero-order valence-electron chi connectivity index (χ0n) is 11.7. The van der Waals surface area contributed by atoms with Gasteiger partial charge in [-0.1, -0.05) is 36.6 Å². The molecule has 1 aromatic heterocycles. The van der Waals surface area contributed by atoms with Crippen LogP contribution in [-0.2, 0) is 0 Å². The molecule has 6 heteroatoms. The Kier molecular flexibility index (Phi) is 3.60. The monoisotopic (exact) mass is 286 g/mol. The lowest BCUT2D eigenvalue weighted by Gasteiger charge is -2.23. The van der Waals surface area contributed by atoms with E-state index in [4.69, 9.17) is 5.73 Å². The van der Waals surface area contributed by atoms with Gasteiger partial charge in [-0.2, -0.15) is 0 Å². The first-order valence-electron chi connectivity index (χ1n) is 7.21. The summed E-state index contributed by atoms with van der Waals surface area (Å²) in [7, 11) is 0. The van der Waals surface area contributed by atoms with Crippen LogP contribution in [0.25, 0.3) is 11.3 Å². The molecule has 1 fully saturated rings. The molecule has 0 saturated heterocycles. The predicted molar refractivity (Wildman–Crippen MR) is 79.0 cm³/mol. The van der Waals surface area contributed by atoms with Gasteiger partial charge in [0.2, 0.25) is 0 Å². The van der Waals surface area contributed by atoms with Crippen LogP contribution in [0, 0.1) is 0 Å². The Balaban J connectivity index is 2.08. The minimum atomic E-state index is -1.05. The Hall–Kier alpha value is -2.37. The van der Waals surface area contributed by atoms with E-state index >= 15 is 0 Å². The van der Waals surface area contributed by atoms with Gasteiger partial charge in [-0.15, -0.1) is 5.10 Å². The van der Waals surface area contributed by atoms with Gasteiger partial charge in [-0.05, 0) is 25.0 Å². The maximum absolute atomic E-state index is 11.4. The minimum absolute atomic E-state index is 0.00495. The second-order valence-electron chi connectivity index (χ2n) is 5.45. The van der Waals surface area contributed by atoms with Crippen molar-refractivity contribution in [3.05, 3.63) is 30.0 Å². The Bertz CT molecular complexity index is 642. The number of carboxylic acid groups (broad SMARTS) is 1. The van der Waals surface area contributed by atoms with Gasteiger partial charge in [-0.25, -0.2) is 9.48 Å². The van der Waals surface area contributed by atoms with Gasteiger partial charge >= 0.3 is 5.97 Å². The van der Waals surface area contributed by atoms with E-state index in [-0.39, 0.29) is 11.7 Å². The van der Waals surface area contributed by atoms with Gasteiger partial charge < -0.3 is 10.8 Å². The number of rotatable bonds is 3. The normalized spacial score (nSPS) is 16.0. The third-order valence-electron chi connectivity index (χ3n) is 4.00. The van der Waals surface area contributed by atoms with E-state index in [1.165, 1.54) is 6.42 Å². The molecule has 21 heavy (non-hydrogen) atoms. The van der Waals surface area contributed by atoms with Crippen molar-refractivity contribution >= 4 is 11.7 Å². The van der Waals surface area contributed by atoms with E-state index in [1.54, 1.807) is 16.8 Å². The molecule has 3 rings (SSSR count). The van der Waals surface area contributed by atoms with Crippen molar-refractivity contribution < 1.29 is 9.90 Å². The van der Waals surface area contributed by atoms with Crippen molar-refractivity contribution in [2.75, 3.05) is 5.73 Å². The first-order chi connectivity index (χ1) is 10.2. The number of nitrogen functional groups attached to an aromatic ring is 1. The second-order valence-corrected chi connectivity index (χ2v) is 5.45. The molecule has 0 radical (unpaired) electrons. The number of hydrogen-bond acceptors (Lipinski definition) is 4. The average Bonchev–Trinajstić information content (AvgIpc) is 2.94. The molecule has 1 aliphatic carbocycles. The van der Waals surface area contributed by atoms with Crippen molar-refractivity contribution in [3.63, 3.8) is 0 Å². The summed E-state index contributed by atoms with van der Waals surface area (Å²) in [4.78, 5) is 11.4. The van der Waals surface area contributed by atoms with Crippen LogP contribution in [0.2, 0.25) is 0 Å². The highest BCUT2D eigenvalue weighted by Gasteiger charge is 2.26. The standard InChI is InChI=1S/C15H18N4O2/c16-11-8-6-10(7-9-11)14-13(15(20)21)17-18-19(14)12-4-2-1-3-5-12/h6-9,12H,1-5,16H2,(H,20,21). The molecular weight excluding hydrogens is 268 g/mol. The summed E-state index contributed by atoms with van der Waals surface area (Å²) in [5.41, 5.74) is 7.72. The molecule has 0 atom stereocenters. The summed E-state index contributed by atoms with van der Waals surface area (Å²) in [6.45, 7) is 0. The summed E-state index contributed by atoms with van der Waals surface area (Å²) in [5, 5.41) is 17.3. The van der Waals surface area contributed by atoms with Crippen molar-refractivity contribution in [1.29, 1.82) is 0 Å². The molecule has 0 bridgehead atoms. The van der Waals surface area contributed by atoms with Gasteiger partial charge in [0, 0.05) is 11.3 Å². The van der Waals surface area contributed by atoms with Gasteiger partial charge in [0.1, 0.15) is 5.69 Å². The number of hydrogen-bond donors (Lipinski definition) is 2. The number of aromatic carboxylic acids is 1. The second kappa shape index (κ2) is 5.55. The average molecular weight is 286 g/mol. The highest BCUT2D eigenvalue weighted by molar-refractivity contribution is 5.92. The molecule has 1 aromatic carbocycles. The largest absolute Gasteiger partial charge is 0.476 e. The summed E-state index contributed by atoms with van der Waals surface area (Å²) in [5.74, 6) is -1.05. The van der Waals surface area contributed by atoms with Crippen LogP contribution in [0.15, 0.2) is 24.3 Å². The van der Waals surface area contributed by atoms with Gasteiger partial charge in [0.05, 0.1) is 6.04 Å². The fraction of sp³-hybridized carbons (Fsp3) is 0.400. The van der Waals surface area contributed by atoms with Gasteiger partial charge in [0.25, 0.3) is 0 Å². The van der Waals surface area contributed by atoms with Crippen molar-refractivity contribution in [2.24, 2.45) is 0 Å².